The number of hydrogen-bond donors (Lipinski definition) is 1. The average Bonchev–Trinajstić information content (AvgIpc) is 2.81. The Morgan fingerprint density at radius 2 is 1.68 bits per heavy atom. The van der Waals surface area contributed by atoms with Crippen molar-refractivity contribution >= 4 is 136 Å². The summed E-state index contributed by atoms with van der Waals surface area (Å²) in [6, 6.07) is 9.76. The van der Waals surface area contributed by atoms with Crippen LogP contribution in [0.3, 0.4) is 0 Å². The number of fused-ring (bicyclic) bond motifs is 1. The zero-order valence-corrected chi connectivity index (χ0v) is 21.9. The minimum atomic E-state index is -1.19. The second-order valence-corrected chi connectivity index (χ2v) is 8.01. The van der Waals surface area contributed by atoms with Crippen LogP contribution in [0.4, 0.5) is 0 Å². The van der Waals surface area contributed by atoms with Crippen molar-refractivity contribution < 1.29 is 34.7 Å². The van der Waals surface area contributed by atoms with Gasteiger partial charge in [-0.05, 0) is 23.8 Å². The van der Waals surface area contributed by atoms with E-state index in [-0.39, 0.29) is 87.7 Å². The fourth-order valence-corrected chi connectivity index (χ4v) is 4.76. The summed E-state index contributed by atoms with van der Waals surface area (Å²) < 4.78 is 26.9. The van der Waals surface area contributed by atoms with Crippen LogP contribution in [0.1, 0.15) is 27.4 Å². The maximum atomic E-state index is 12.8. The molecular formula is C20H12Br4Na2O8. The zero-order chi connectivity index (χ0) is 23.0. The van der Waals surface area contributed by atoms with Crippen LogP contribution in [0.15, 0.2) is 59.6 Å². The van der Waals surface area contributed by atoms with Crippen LogP contribution in [-0.2, 0) is 12.5 Å². The molecule has 170 valence electrons. The van der Waals surface area contributed by atoms with Crippen LogP contribution in [0, 0.1) is 0 Å². The first-order valence-electron chi connectivity index (χ1n) is 8.76. The molecule has 14 heteroatoms. The SMILES string of the molecule is O=C(O)c1ccccc1C1C2=C(Oc3c(OBr)cc(OBr)cc31)C(OBr)C(=O)C(OBr)=C2.[NaH].[NaH]. The Balaban J connectivity index is 0.00000204. The molecule has 0 saturated heterocycles. The summed E-state index contributed by atoms with van der Waals surface area (Å²) in [5.41, 5.74) is 1.54. The van der Waals surface area contributed by atoms with Gasteiger partial charge < -0.3 is 21.3 Å². The topological polar surface area (TPSA) is 101 Å². The van der Waals surface area contributed by atoms with E-state index < -0.39 is 23.8 Å². The van der Waals surface area contributed by atoms with Gasteiger partial charge in [0.05, 0.1) is 21.8 Å². The van der Waals surface area contributed by atoms with Gasteiger partial charge in [0.25, 0.3) is 0 Å². The van der Waals surface area contributed by atoms with Crippen LogP contribution < -0.4 is 12.4 Å². The molecule has 1 aliphatic heterocycles. The molecule has 0 fully saturated rings. The molecule has 0 saturated carbocycles. The molecule has 1 aliphatic carbocycles. The standard InChI is InChI=1S/C20H10Br4O8.2Na.2H/c21-29-8-5-11-15(9-3-1-2-4-10(9)20(26)27)12-7-13(30-22)16(25)19(32-24)18(12)28-17(11)14(6-8)31-23;;;;/h1-7,15,19H,(H,26,27);;;;. The van der Waals surface area contributed by atoms with E-state index in [1.54, 1.807) is 30.3 Å². The Morgan fingerprint density at radius 3 is 2.26 bits per heavy atom. The van der Waals surface area contributed by atoms with Crippen LogP contribution in [0.5, 0.6) is 17.2 Å². The van der Waals surface area contributed by atoms with Crippen molar-refractivity contribution in [1.29, 1.82) is 0 Å². The van der Waals surface area contributed by atoms with Crippen molar-refractivity contribution in [2.24, 2.45) is 0 Å². The average molecular weight is 746 g/mol. The third-order valence-corrected chi connectivity index (χ3v) is 6.47. The number of carbonyl (C=O) groups is 2. The van der Waals surface area contributed by atoms with Gasteiger partial charge in [0.2, 0.25) is 5.78 Å². The van der Waals surface area contributed by atoms with Gasteiger partial charge in [-0.25, -0.2) is 4.79 Å². The molecule has 2 aromatic rings. The van der Waals surface area contributed by atoms with Crippen molar-refractivity contribution in [2.75, 3.05) is 0 Å². The van der Waals surface area contributed by atoms with Crippen molar-refractivity contribution in [3.05, 3.63) is 76.3 Å². The zero-order valence-electron chi connectivity index (χ0n) is 15.5. The van der Waals surface area contributed by atoms with E-state index >= 15 is 0 Å². The number of carbonyl (C=O) groups excluding carboxylic acids is 1. The van der Waals surface area contributed by atoms with E-state index in [1.807, 2.05) is 0 Å². The summed E-state index contributed by atoms with van der Waals surface area (Å²) in [5, 5.41) is 9.83. The molecule has 0 amide bonds. The molecule has 1 heterocycles. The first kappa shape index (κ1) is 30.4. The van der Waals surface area contributed by atoms with Gasteiger partial charge in [0.15, 0.2) is 72.1 Å². The van der Waals surface area contributed by atoms with Gasteiger partial charge in [-0.15, -0.1) is 0 Å². The molecule has 0 radical (unpaired) electrons. The Labute approximate surface area is 272 Å². The van der Waals surface area contributed by atoms with Crippen molar-refractivity contribution in [3.63, 3.8) is 0 Å². The fourth-order valence-electron chi connectivity index (χ4n) is 3.74. The molecule has 2 aliphatic rings. The molecule has 0 spiro atoms. The number of aromatic carboxylic acids is 1. The fraction of sp³-hybridized carbons (Fsp3) is 0.100. The van der Waals surface area contributed by atoms with E-state index in [1.165, 1.54) is 12.1 Å². The summed E-state index contributed by atoms with van der Waals surface area (Å²) >= 11 is 11.6. The van der Waals surface area contributed by atoms with E-state index in [9.17, 15) is 14.7 Å². The number of carboxylic acids is 1. The second-order valence-electron chi connectivity index (χ2n) is 6.66. The minimum absolute atomic E-state index is 0. The van der Waals surface area contributed by atoms with Crippen LogP contribution in [0.2, 0.25) is 0 Å². The number of benzene rings is 2. The Morgan fingerprint density at radius 1 is 0.971 bits per heavy atom. The molecule has 8 nitrogen and oxygen atoms in total. The van der Waals surface area contributed by atoms with Gasteiger partial charge in [-0.1, -0.05) is 18.2 Å². The van der Waals surface area contributed by atoms with Gasteiger partial charge in [0.1, 0.15) is 11.5 Å². The number of carboxylic acid groups (broad SMARTS) is 1. The summed E-state index contributed by atoms with van der Waals surface area (Å²) in [6.45, 7) is 0. The Bertz CT molecular complexity index is 1190. The quantitative estimate of drug-likeness (QED) is 0.424. The maximum absolute atomic E-state index is 12.8. The predicted octanol–water partition coefficient (Wildman–Crippen LogP) is 4.73. The molecule has 34 heavy (non-hydrogen) atoms. The predicted molar refractivity (Wildman–Crippen MR) is 140 cm³/mol. The number of Topliss-reactive ketones (excluding diaryl/α,β-unsaturated/α-hetero) is 1. The molecule has 1 N–H and O–H groups in total. The monoisotopic (exact) mass is 742 g/mol. The van der Waals surface area contributed by atoms with Gasteiger partial charge in [-0.3, -0.25) is 8.62 Å². The van der Waals surface area contributed by atoms with E-state index in [4.69, 9.17) is 20.1 Å². The van der Waals surface area contributed by atoms with Crippen molar-refractivity contribution in [3.8, 4) is 17.2 Å². The van der Waals surface area contributed by atoms with E-state index in [0.29, 0.717) is 22.4 Å². The summed E-state index contributed by atoms with van der Waals surface area (Å²) in [4.78, 5) is 24.8. The molecule has 0 aromatic heterocycles. The van der Waals surface area contributed by atoms with Crippen LogP contribution in [0.25, 0.3) is 0 Å². The molecule has 2 aromatic carbocycles. The number of halogens is 4. The number of allylic oxidation sites excluding steroid dienone is 2. The van der Waals surface area contributed by atoms with E-state index in [0.717, 1.165) is 0 Å². The number of ether oxygens (including phenoxy) is 1. The first-order chi connectivity index (χ1) is 15.4. The van der Waals surface area contributed by atoms with Crippen molar-refractivity contribution in [2.45, 2.75) is 12.0 Å². The molecular weight excluding hydrogens is 734 g/mol. The van der Waals surface area contributed by atoms with E-state index in [2.05, 4.69) is 65.0 Å². The third kappa shape index (κ3) is 5.52. The second kappa shape index (κ2) is 13.1. The van der Waals surface area contributed by atoms with Gasteiger partial charge in [-0.2, -0.15) is 0 Å². The number of hydrogen-bond acceptors (Lipinski definition) is 7. The number of ketones is 1. The third-order valence-electron chi connectivity index (χ3n) is 5.03. The Hall–Kier alpha value is 0.140. The molecule has 0 bridgehead atoms. The molecule has 2 atom stereocenters. The molecule has 2 unspecified atom stereocenters. The normalized spacial score (nSPS) is 18.2. The van der Waals surface area contributed by atoms with Gasteiger partial charge in [0, 0.05) is 23.1 Å². The first-order valence-corrected chi connectivity index (χ1v) is 11.3. The van der Waals surface area contributed by atoms with Gasteiger partial charge >= 0.3 is 65.1 Å². The van der Waals surface area contributed by atoms with Crippen molar-refractivity contribution in [1.82, 2.24) is 0 Å². The molecule has 4 rings (SSSR count). The number of rotatable bonds is 6. The van der Waals surface area contributed by atoms with Crippen LogP contribution >= 0.6 is 65.0 Å². The summed E-state index contributed by atoms with van der Waals surface area (Å²) in [5.74, 6) is -1.30. The summed E-state index contributed by atoms with van der Waals surface area (Å²) in [7, 11) is 0. The van der Waals surface area contributed by atoms with Crippen LogP contribution in [-0.4, -0.2) is 82.1 Å². The summed E-state index contributed by atoms with van der Waals surface area (Å²) in [6.07, 6.45) is 0.294. The Kier molecular flexibility index (Phi) is 11.7.